The lowest BCUT2D eigenvalue weighted by Gasteiger charge is -2.32. The number of hydrogen-bond donors (Lipinski definition) is 2. The SMILES string of the molecule is O=C(CCN1CCC(c2cccc(O)c2)CC1)Nc1nccs1. The van der Waals surface area contributed by atoms with E-state index in [1.54, 1.807) is 12.3 Å². The molecule has 0 unspecified atom stereocenters. The summed E-state index contributed by atoms with van der Waals surface area (Å²) in [6.07, 6.45) is 4.32. The van der Waals surface area contributed by atoms with Gasteiger partial charge in [-0.15, -0.1) is 11.3 Å². The number of aromatic nitrogens is 1. The van der Waals surface area contributed by atoms with E-state index in [2.05, 4.69) is 21.3 Å². The molecule has 1 amide bonds. The molecule has 0 radical (unpaired) electrons. The van der Waals surface area contributed by atoms with Crippen molar-refractivity contribution in [3.8, 4) is 5.75 Å². The molecule has 1 aromatic carbocycles. The number of carbonyl (C=O) groups excluding carboxylic acids is 1. The first-order chi connectivity index (χ1) is 11.2. The van der Waals surface area contributed by atoms with Crippen LogP contribution in [0.3, 0.4) is 0 Å². The third kappa shape index (κ3) is 4.53. The number of phenolic OH excluding ortho intramolecular Hbond substituents is 1. The molecule has 6 heteroatoms. The zero-order chi connectivity index (χ0) is 16.1. The standard InChI is InChI=1S/C17H21N3O2S/c21-15-3-1-2-14(12-15)13-4-8-20(9-5-13)10-6-16(22)19-17-18-7-11-23-17/h1-3,7,11-13,21H,4-6,8-10H2,(H,18,19,22). The maximum absolute atomic E-state index is 11.9. The number of likely N-dealkylation sites (tertiary alicyclic amines) is 1. The Morgan fingerprint density at radius 3 is 2.91 bits per heavy atom. The number of rotatable bonds is 5. The minimum Gasteiger partial charge on any atom is -0.508 e. The van der Waals surface area contributed by atoms with Gasteiger partial charge in [0, 0.05) is 24.5 Å². The first-order valence-electron chi connectivity index (χ1n) is 7.91. The average molecular weight is 331 g/mol. The molecule has 122 valence electrons. The van der Waals surface area contributed by atoms with Crippen molar-refractivity contribution in [2.75, 3.05) is 25.0 Å². The van der Waals surface area contributed by atoms with Gasteiger partial charge in [0.1, 0.15) is 5.75 Å². The van der Waals surface area contributed by atoms with Crippen molar-refractivity contribution in [1.29, 1.82) is 0 Å². The van der Waals surface area contributed by atoms with E-state index in [1.165, 1.54) is 16.9 Å². The quantitative estimate of drug-likeness (QED) is 0.884. The molecule has 0 saturated carbocycles. The van der Waals surface area contributed by atoms with Crippen LogP contribution in [0.2, 0.25) is 0 Å². The Morgan fingerprint density at radius 2 is 2.22 bits per heavy atom. The van der Waals surface area contributed by atoms with Crippen LogP contribution >= 0.6 is 11.3 Å². The number of piperidine rings is 1. The van der Waals surface area contributed by atoms with Crippen LogP contribution in [-0.4, -0.2) is 40.5 Å². The predicted molar refractivity (Wildman–Crippen MR) is 91.9 cm³/mol. The molecule has 1 aromatic heterocycles. The number of hydrogen-bond acceptors (Lipinski definition) is 5. The summed E-state index contributed by atoms with van der Waals surface area (Å²) in [6.45, 7) is 2.76. The van der Waals surface area contributed by atoms with Crippen molar-refractivity contribution in [1.82, 2.24) is 9.88 Å². The summed E-state index contributed by atoms with van der Waals surface area (Å²) in [5, 5.41) is 14.9. The third-order valence-corrected chi connectivity index (χ3v) is 4.95. The second-order valence-corrected chi connectivity index (χ2v) is 6.74. The molecule has 5 nitrogen and oxygen atoms in total. The van der Waals surface area contributed by atoms with E-state index in [0.29, 0.717) is 23.2 Å². The predicted octanol–water partition coefficient (Wildman–Crippen LogP) is 3.06. The fraction of sp³-hybridized carbons (Fsp3) is 0.412. The topological polar surface area (TPSA) is 65.5 Å². The number of carbonyl (C=O) groups is 1. The van der Waals surface area contributed by atoms with Crippen molar-refractivity contribution in [2.24, 2.45) is 0 Å². The Kier molecular flexibility index (Phi) is 5.25. The third-order valence-electron chi connectivity index (χ3n) is 4.26. The molecule has 0 bridgehead atoms. The summed E-state index contributed by atoms with van der Waals surface area (Å²) in [5.41, 5.74) is 1.21. The summed E-state index contributed by atoms with van der Waals surface area (Å²) in [6, 6.07) is 7.56. The molecular formula is C17H21N3O2S. The normalized spacial score (nSPS) is 16.3. The molecule has 2 N–H and O–H groups in total. The highest BCUT2D eigenvalue weighted by Crippen LogP contribution is 2.29. The van der Waals surface area contributed by atoms with Crippen LogP contribution in [0.1, 0.15) is 30.7 Å². The lowest BCUT2D eigenvalue weighted by Crippen LogP contribution is -2.35. The van der Waals surface area contributed by atoms with Crippen LogP contribution in [-0.2, 0) is 4.79 Å². The van der Waals surface area contributed by atoms with E-state index in [4.69, 9.17) is 0 Å². The van der Waals surface area contributed by atoms with Gasteiger partial charge in [-0.3, -0.25) is 4.79 Å². The van der Waals surface area contributed by atoms with Gasteiger partial charge in [0.05, 0.1) is 0 Å². The Labute approximate surface area is 140 Å². The Hall–Kier alpha value is -1.92. The summed E-state index contributed by atoms with van der Waals surface area (Å²) in [7, 11) is 0. The van der Waals surface area contributed by atoms with E-state index in [-0.39, 0.29) is 5.91 Å². The number of benzene rings is 1. The molecular weight excluding hydrogens is 310 g/mol. The molecule has 23 heavy (non-hydrogen) atoms. The van der Waals surface area contributed by atoms with E-state index in [0.717, 1.165) is 32.5 Å². The number of phenols is 1. The molecule has 1 aliphatic heterocycles. The summed E-state index contributed by atoms with van der Waals surface area (Å²) in [4.78, 5) is 18.3. The van der Waals surface area contributed by atoms with Crippen LogP contribution in [0.25, 0.3) is 0 Å². The highest BCUT2D eigenvalue weighted by atomic mass is 32.1. The Bertz CT molecular complexity index is 637. The van der Waals surface area contributed by atoms with Crippen LogP contribution in [0, 0.1) is 0 Å². The smallest absolute Gasteiger partial charge is 0.227 e. The van der Waals surface area contributed by atoms with Gasteiger partial charge in [0.25, 0.3) is 0 Å². The molecule has 2 aromatic rings. The second-order valence-electron chi connectivity index (χ2n) is 5.85. The number of anilines is 1. The van der Waals surface area contributed by atoms with Crippen LogP contribution in [0.5, 0.6) is 5.75 Å². The van der Waals surface area contributed by atoms with Crippen LogP contribution in [0.15, 0.2) is 35.8 Å². The number of nitrogens with zero attached hydrogens (tertiary/aromatic N) is 2. The fourth-order valence-corrected chi connectivity index (χ4v) is 3.54. The maximum Gasteiger partial charge on any atom is 0.227 e. The number of aromatic hydroxyl groups is 1. The molecule has 0 aliphatic carbocycles. The van der Waals surface area contributed by atoms with Gasteiger partial charge in [-0.25, -0.2) is 4.98 Å². The lowest BCUT2D eigenvalue weighted by molar-refractivity contribution is -0.116. The van der Waals surface area contributed by atoms with Gasteiger partial charge in [-0.1, -0.05) is 12.1 Å². The minimum absolute atomic E-state index is 0.0232. The lowest BCUT2D eigenvalue weighted by atomic mass is 9.89. The van der Waals surface area contributed by atoms with Crippen molar-refractivity contribution >= 4 is 22.4 Å². The van der Waals surface area contributed by atoms with E-state index >= 15 is 0 Å². The number of nitrogens with one attached hydrogen (secondary N) is 1. The first-order valence-corrected chi connectivity index (χ1v) is 8.79. The largest absolute Gasteiger partial charge is 0.508 e. The Morgan fingerprint density at radius 1 is 1.39 bits per heavy atom. The van der Waals surface area contributed by atoms with Gasteiger partial charge in [-0.2, -0.15) is 0 Å². The highest BCUT2D eigenvalue weighted by molar-refractivity contribution is 7.13. The van der Waals surface area contributed by atoms with Gasteiger partial charge in [0.2, 0.25) is 5.91 Å². The number of thiazole rings is 1. The van der Waals surface area contributed by atoms with E-state index in [9.17, 15) is 9.90 Å². The summed E-state index contributed by atoms with van der Waals surface area (Å²) >= 11 is 1.43. The van der Waals surface area contributed by atoms with Crippen molar-refractivity contribution < 1.29 is 9.90 Å². The van der Waals surface area contributed by atoms with E-state index < -0.39 is 0 Å². The zero-order valence-electron chi connectivity index (χ0n) is 12.9. The van der Waals surface area contributed by atoms with Gasteiger partial charge in [-0.05, 0) is 49.5 Å². The first kappa shape index (κ1) is 16.0. The second kappa shape index (κ2) is 7.57. The van der Waals surface area contributed by atoms with Crippen molar-refractivity contribution in [3.63, 3.8) is 0 Å². The highest BCUT2D eigenvalue weighted by Gasteiger charge is 2.21. The van der Waals surface area contributed by atoms with Crippen LogP contribution < -0.4 is 5.32 Å². The van der Waals surface area contributed by atoms with Crippen LogP contribution in [0.4, 0.5) is 5.13 Å². The van der Waals surface area contributed by atoms with Crippen molar-refractivity contribution in [2.45, 2.75) is 25.2 Å². The van der Waals surface area contributed by atoms with E-state index in [1.807, 2.05) is 17.5 Å². The fourth-order valence-electron chi connectivity index (χ4n) is 3.00. The molecule has 1 saturated heterocycles. The Balaban J connectivity index is 1.41. The van der Waals surface area contributed by atoms with Gasteiger partial charge in [0.15, 0.2) is 5.13 Å². The van der Waals surface area contributed by atoms with Gasteiger partial charge >= 0.3 is 0 Å². The molecule has 1 fully saturated rings. The zero-order valence-corrected chi connectivity index (χ0v) is 13.8. The summed E-state index contributed by atoms with van der Waals surface area (Å²) in [5.74, 6) is 0.862. The average Bonchev–Trinajstić information content (AvgIpc) is 3.06. The maximum atomic E-state index is 11.9. The molecule has 2 heterocycles. The monoisotopic (exact) mass is 331 g/mol. The minimum atomic E-state index is 0.0232. The summed E-state index contributed by atoms with van der Waals surface area (Å²) < 4.78 is 0. The van der Waals surface area contributed by atoms with Gasteiger partial charge < -0.3 is 15.3 Å². The van der Waals surface area contributed by atoms with Crippen molar-refractivity contribution in [3.05, 3.63) is 41.4 Å². The number of amides is 1. The molecule has 3 rings (SSSR count). The molecule has 0 spiro atoms. The molecule has 1 aliphatic rings. The molecule has 0 atom stereocenters.